The van der Waals surface area contributed by atoms with Crippen LogP contribution in [-0.4, -0.2) is 18.1 Å². The Hall–Kier alpha value is -1.75. The minimum Gasteiger partial charge on any atom is -0.462 e. The number of nitrogens with one attached hydrogen (secondary N) is 1. The molecule has 0 heterocycles. The van der Waals surface area contributed by atoms with Gasteiger partial charge in [-0.15, -0.1) is 0 Å². The second kappa shape index (κ2) is 9.26. The van der Waals surface area contributed by atoms with Crippen LogP contribution in [0.25, 0.3) is 0 Å². The van der Waals surface area contributed by atoms with Crippen molar-refractivity contribution in [2.24, 2.45) is 0 Å². The molecule has 0 bridgehead atoms. The van der Waals surface area contributed by atoms with Gasteiger partial charge in [0.2, 0.25) is 0 Å². The Morgan fingerprint density at radius 1 is 1.04 bits per heavy atom. The van der Waals surface area contributed by atoms with Crippen molar-refractivity contribution in [3.8, 4) is 5.75 Å². The van der Waals surface area contributed by atoms with Crippen LogP contribution >= 0.6 is 18.1 Å². The van der Waals surface area contributed by atoms with E-state index in [1.54, 1.807) is 45.0 Å². The van der Waals surface area contributed by atoms with Gasteiger partial charge in [0.25, 0.3) is 0 Å². The van der Waals surface area contributed by atoms with Crippen molar-refractivity contribution in [3.05, 3.63) is 60.2 Å². The van der Waals surface area contributed by atoms with Crippen molar-refractivity contribution in [3.63, 3.8) is 0 Å². The first-order valence-corrected chi connectivity index (χ1v) is 11.4. The Morgan fingerprint density at radius 3 is 2.23 bits per heavy atom. The number of para-hydroxylation sites is 1. The molecule has 0 aliphatic heterocycles. The lowest BCUT2D eigenvalue weighted by Crippen LogP contribution is -2.35. The molecule has 0 aliphatic rings. The van der Waals surface area contributed by atoms with Crippen LogP contribution < -0.4 is 9.61 Å². The van der Waals surface area contributed by atoms with Crippen LogP contribution in [-0.2, 0) is 14.1 Å². The number of carbonyl (C=O) groups excluding carboxylic acids is 1. The van der Waals surface area contributed by atoms with E-state index in [9.17, 15) is 9.36 Å². The average molecular weight is 393 g/mol. The van der Waals surface area contributed by atoms with Crippen LogP contribution in [0.2, 0.25) is 0 Å². The average Bonchev–Trinajstić information content (AvgIpc) is 2.57. The normalized spacial score (nSPS) is 14.5. The Morgan fingerprint density at radius 2 is 1.65 bits per heavy atom. The summed E-state index contributed by atoms with van der Waals surface area (Å²) in [6.45, 7) is 3.67. The van der Waals surface area contributed by atoms with Crippen molar-refractivity contribution in [1.29, 1.82) is 0 Å². The molecule has 5 nitrogen and oxygen atoms in total. The summed E-state index contributed by atoms with van der Waals surface area (Å²) in [7, 11) is 0. The molecule has 0 saturated carbocycles. The maximum atomic E-state index is 13.5. The smallest absolute Gasteiger partial charge is 0.379 e. The third kappa shape index (κ3) is 6.52. The summed E-state index contributed by atoms with van der Waals surface area (Å²) < 4.78 is 24.4. The van der Waals surface area contributed by atoms with Crippen LogP contribution in [0.3, 0.4) is 0 Å². The standard InChI is InChI=1S/C19H24NO4PS/c1-14(2)23-19(21)16(4)20-25(22,24-17-8-6-5-7-9-17)26-18-12-10-15(3)11-13-18/h5-14,16H,1-4H3,(H,20,22)/t16-,25+/m1/s1. The Bertz CT molecular complexity index is 765. The molecule has 0 aliphatic carbocycles. The number of benzene rings is 2. The minimum absolute atomic E-state index is 0.245. The molecule has 0 amide bonds. The third-order valence-corrected chi connectivity index (χ3v) is 7.04. The molecule has 0 unspecified atom stereocenters. The molecule has 0 saturated heterocycles. The molecular weight excluding hydrogens is 369 g/mol. The Labute approximate surface area is 158 Å². The lowest BCUT2D eigenvalue weighted by molar-refractivity contribution is -0.148. The van der Waals surface area contributed by atoms with Crippen molar-refractivity contribution in [1.82, 2.24) is 5.09 Å². The van der Waals surface area contributed by atoms with Gasteiger partial charge in [-0.1, -0.05) is 35.9 Å². The van der Waals surface area contributed by atoms with E-state index >= 15 is 0 Å². The number of aryl methyl sites for hydroxylation is 1. The zero-order chi connectivity index (χ0) is 19.2. The maximum absolute atomic E-state index is 13.5. The highest BCUT2D eigenvalue weighted by Crippen LogP contribution is 2.59. The van der Waals surface area contributed by atoms with Crippen molar-refractivity contribution in [2.45, 2.75) is 44.7 Å². The Balaban J connectivity index is 2.21. The molecule has 2 aromatic rings. The van der Waals surface area contributed by atoms with Gasteiger partial charge >= 0.3 is 12.7 Å². The van der Waals surface area contributed by atoms with E-state index in [1.165, 1.54) is 0 Å². The molecule has 2 aromatic carbocycles. The van der Waals surface area contributed by atoms with E-state index in [-0.39, 0.29) is 6.10 Å². The maximum Gasteiger partial charge on any atom is 0.379 e. The first-order chi connectivity index (χ1) is 12.3. The minimum atomic E-state index is -3.47. The van der Waals surface area contributed by atoms with Crippen LogP contribution in [0.15, 0.2) is 59.5 Å². The molecule has 26 heavy (non-hydrogen) atoms. The number of rotatable bonds is 8. The molecule has 0 radical (unpaired) electrons. The van der Waals surface area contributed by atoms with E-state index in [2.05, 4.69) is 5.09 Å². The highest BCUT2D eigenvalue weighted by Gasteiger charge is 2.32. The molecule has 0 fully saturated rings. The number of carbonyl (C=O) groups is 1. The van der Waals surface area contributed by atoms with E-state index in [4.69, 9.17) is 9.26 Å². The largest absolute Gasteiger partial charge is 0.462 e. The predicted molar refractivity (Wildman–Crippen MR) is 106 cm³/mol. The summed E-state index contributed by atoms with van der Waals surface area (Å²) in [6.07, 6.45) is -0.245. The highest BCUT2D eigenvalue weighted by molar-refractivity contribution is 8.56. The van der Waals surface area contributed by atoms with E-state index in [0.29, 0.717) is 5.75 Å². The molecule has 2 rings (SSSR count). The van der Waals surface area contributed by atoms with E-state index in [1.807, 2.05) is 37.3 Å². The van der Waals surface area contributed by atoms with Crippen molar-refractivity contribution >= 4 is 24.1 Å². The molecule has 140 valence electrons. The molecule has 1 N–H and O–H groups in total. The first kappa shape index (κ1) is 20.6. The fourth-order valence-electron chi connectivity index (χ4n) is 2.05. The van der Waals surface area contributed by atoms with Crippen LogP contribution in [0.1, 0.15) is 26.3 Å². The molecule has 0 spiro atoms. The summed E-state index contributed by atoms with van der Waals surface area (Å²) in [5.74, 6) is -0.00577. The van der Waals surface area contributed by atoms with Gasteiger partial charge in [0.15, 0.2) is 0 Å². The molecular formula is C19H24NO4PS. The van der Waals surface area contributed by atoms with Crippen LogP contribution in [0.5, 0.6) is 5.75 Å². The van der Waals surface area contributed by atoms with Gasteiger partial charge in [0, 0.05) is 4.90 Å². The molecule has 0 aromatic heterocycles. The van der Waals surface area contributed by atoms with Crippen LogP contribution in [0, 0.1) is 6.92 Å². The highest BCUT2D eigenvalue weighted by atomic mass is 32.7. The summed E-state index contributed by atoms with van der Waals surface area (Å²) in [5.41, 5.74) is 1.11. The number of hydrogen-bond donors (Lipinski definition) is 1. The first-order valence-electron chi connectivity index (χ1n) is 8.36. The zero-order valence-corrected chi connectivity index (χ0v) is 17.1. The van der Waals surface area contributed by atoms with Gasteiger partial charge in [0.1, 0.15) is 11.8 Å². The lowest BCUT2D eigenvalue weighted by atomic mass is 10.2. The topological polar surface area (TPSA) is 64.6 Å². The van der Waals surface area contributed by atoms with Gasteiger partial charge in [-0.05, 0) is 63.3 Å². The second-order valence-electron chi connectivity index (χ2n) is 6.14. The second-order valence-corrected chi connectivity index (χ2v) is 10.2. The Kier molecular flexibility index (Phi) is 7.33. The number of hydrogen-bond acceptors (Lipinski definition) is 5. The van der Waals surface area contributed by atoms with Gasteiger partial charge < -0.3 is 9.26 Å². The summed E-state index contributed by atoms with van der Waals surface area (Å²) >= 11 is 1.07. The summed E-state index contributed by atoms with van der Waals surface area (Å²) in [4.78, 5) is 12.9. The van der Waals surface area contributed by atoms with Crippen molar-refractivity contribution < 1.29 is 18.6 Å². The van der Waals surface area contributed by atoms with E-state index < -0.39 is 18.7 Å². The van der Waals surface area contributed by atoms with E-state index in [0.717, 1.165) is 21.8 Å². The van der Waals surface area contributed by atoms with Crippen LogP contribution in [0.4, 0.5) is 0 Å². The van der Waals surface area contributed by atoms with Gasteiger partial charge in [-0.25, -0.2) is 9.65 Å². The summed E-state index contributed by atoms with van der Waals surface area (Å²) in [5, 5.41) is 2.83. The van der Waals surface area contributed by atoms with Gasteiger partial charge in [-0.2, -0.15) is 0 Å². The number of esters is 1. The number of ether oxygens (including phenoxy) is 1. The lowest BCUT2D eigenvalue weighted by Gasteiger charge is -2.23. The fourth-order valence-corrected chi connectivity index (χ4v) is 5.91. The molecule has 2 atom stereocenters. The van der Waals surface area contributed by atoms with Crippen molar-refractivity contribution in [2.75, 3.05) is 0 Å². The fraction of sp³-hybridized carbons (Fsp3) is 0.316. The quantitative estimate of drug-likeness (QED) is 0.491. The third-order valence-electron chi connectivity index (χ3n) is 3.27. The van der Waals surface area contributed by atoms with Gasteiger partial charge in [0.05, 0.1) is 6.10 Å². The monoisotopic (exact) mass is 393 g/mol. The predicted octanol–water partition coefficient (Wildman–Crippen LogP) is 5.20. The SMILES string of the molecule is Cc1ccc(S[P@](=O)(N[C@H](C)C(=O)OC(C)C)Oc2ccccc2)cc1. The molecule has 7 heteroatoms. The van der Waals surface area contributed by atoms with Gasteiger partial charge in [-0.3, -0.25) is 4.79 Å². The summed E-state index contributed by atoms with van der Waals surface area (Å²) in [6, 6.07) is 15.7. The zero-order valence-electron chi connectivity index (χ0n) is 15.3.